The summed E-state index contributed by atoms with van der Waals surface area (Å²) in [7, 11) is 0. The molecule has 7 heteroatoms. The Hall–Kier alpha value is -3.45. The van der Waals surface area contributed by atoms with Gasteiger partial charge in [0.25, 0.3) is 0 Å². The van der Waals surface area contributed by atoms with Gasteiger partial charge in [-0.15, -0.1) is 11.3 Å². The molecule has 0 radical (unpaired) electrons. The van der Waals surface area contributed by atoms with Crippen molar-refractivity contribution in [3.8, 4) is 16.9 Å². The van der Waals surface area contributed by atoms with E-state index in [1.807, 2.05) is 37.3 Å². The van der Waals surface area contributed by atoms with Crippen LogP contribution in [0.4, 0.5) is 5.69 Å². The van der Waals surface area contributed by atoms with Crippen LogP contribution in [-0.4, -0.2) is 33.7 Å². The van der Waals surface area contributed by atoms with E-state index in [1.165, 1.54) is 30.8 Å². The van der Waals surface area contributed by atoms with Crippen molar-refractivity contribution in [3.05, 3.63) is 75.5 Å². The maximum absolute atomic E-state index is 12.5. The highest BCUT2D eigenvalue weighted by molar-refractivity contribution is 7.18. The highest BCUT2D eigenvalue weighted by Gasteiger charge is 2.17. The van der Waals surface area contributed by atoms with Crippen LogP contribution in [0.5, 0.6) is 0 Å². The molecule has 1 fully saturated rings. The maximum Gasteiger partial charge on any atom is 0.341 e. The summed E-state index contributed by atoms with van der Waals surface area (Å²) >= 11 is 1.58. The van der Waals surface area contributed by atoms with Crippen molar-refractivity contribution < 1.29 is 9.90 Å². The van der Waals surface area contributed by atoms with Crippen molar-refractivity contribution in [2.24, 2.45) is 0 Å². The molecular formula is C24H21N3O3S. The second-order valence-corrected chi connectivity index (χ2v) is 8.97. The van der Waals surface area contributed by atoms with Gasteiger partial charge in [0.2, 0.25) is 0 Å². The van der Waals surface area contributed by atoms with Gasteiger partial charge in [-0.1, -0.05) is 12.1 Å². The molecule has 5 rings (SSSR count). The minimum absolute atomic E-state index is 0.252. The summed E-state index contributed by atoms with van der Waals surface area (Å²) in [6, 6.07) is 15.3. The van der Waals surface area contributed by atoms with E-state index in [2.05, 4.69) is 22.0 Å². The molecule has 3 heterocycles. The number of benzene rings is 2. The second-order valence-electron chi connectivity index (χ2n) is 7.74. The predicted octanol–water partition coefficient (Wildman–Crippen LogP) is 4.72. The largest absolute Gasteiger partial charge is 0.477 e. The molecule has 0 bridgehead atoms. The Bertz CT molecular complexity index is 1350. The zero-order chi connectivity index (χ0) is 21.5. The minimum atomic E-state index is -1.23. The van der Waals surface area contributed by atoms with Crippen LogP contribution in [-0.2, 0) is 0 Å². The molecule has 1 N–H and O–H groups in total. The number of aromatic carboxylic acids is 1. The summed E-state index contributed by atoms with van der Waals surface area (Å²) in [5.74, 6) is -1.23. The smallest absolute Gasteiger partial charge is 0.341 e. The highest BCUT2D eigenvalue weighted by atomic mass is 32.1. The summed E-state index contributed by atoms with van der Waals surface area (Å²) in [6.45, 7) is 4.08. The van der Waals surface area contributed by atoms with E-state index >= 15 is 0 Å². The molecule has 2 aromatic heterocycles. The van der Waals surface area contributed by atoms with Crippen LogP contribution in [0.25, 0.3) is 27.2 Å². The molecule has 156 valence electrons. The van der Waals surface area contributed by atoms with Gasteiger partial charge in [0.15, 0.2) is 5.43 Å². The summed E-state index contributed by atoms with van der Waals surface area (Å²) in [4.78, 5) is 31.0. The third kappa shape index (κ3) is 3.61. The molecule has 0 unspecified atom stereocenters. The lowest BCUT2D eigenvalue weighted by molar-refractivity contribution is 0.0695. The van der Waals surface area contributed by atoms with E-state index < -0.39 is 11.4 Å². The molecule has 1 aliphatic heterocycles. The zero-order valence-electron chi connectivity index (χ0n) is 17.0. The van der Waals surface area contributed by atoms with Crippen LogP contribution in [0.15, 0.2) is 59.5 Å². The monoisotopic (exact) mass is 431 g/mol. The van der Waals surface area contributed by atoms with Crippen molar-refractivity contribution in [2.75, 3.05) is 18.0 Å². The van der Waals surface area contributed by atoms with Gasteiger partial charge in [0.1, 0.15) is 5.56 Å². The van der Waals surface area contributed by atoms with Gasteiger partial charge in [0.05, 0.1) is 20.9 Å². The summed E-state index contributed by atoms with van der Waals surface area (Å²) in [5, 5.41) is 10.5. The van der Waals surface area contributed by atoms with Crippen molar-refractivity contribution in [1.82, 2.24) is 9.55 Å². The normalized spacial score (nSPS) is 13.8. The quantitative estimate of drug-likeness (QED) is 0.506. The zero-order valence-corrected chi connectivity index (χ0v) is 17.9. The van der Waals surface area contributed by atoms with E-state index in [0.29, 0.717) is 5.69 Å². The molecule has 6 nitrogen and oxygen atoms in total. The van der Waals surface area contributed by atoms with E-state index in [4.69, 9.17) is 0 Å². The summed E-state index contributed by atoms with van der Waals surface area (Å²) in [6.07, 6.45) is 3.83. The van der Waals surface area contributed by atoms with Crippen molar-refractivity contribution in [1.29, 1.82) is 0 Å². The molecule has 1 aliphatic rings. The maximum atomic E-state index is 12.5. The first kappa shape index (κ1) is 19.5. The first-order valence-corrected chi connectivity index (χ1v) is 11.0. The number of aryl methyl sites for hydroxylation is 1. The average Bonchev–Trinajstić information content (AvgIpc) is 3.42. The number of hydrogen-bond donors (Lipinski definition) is 1. The topological polar surface area (TPSA) is 75.4 Å². The van der Waals surface area contributed by atoms with Crippen LogP contribution in [0.2, 0.25) is 0 Å². The Morgan fingerprint density at radius 2 is 1.74 bits per heavy atom. The van der Waals surface area contributed by atoms with Gasteiger partial charge in [0, 0.05) is 36.7 Å². The SMILES string of the molecule is Cc1nc2ccc(-n3cc(C(=O)O)c(=O)cc3-c3ccc(N4CCCC4)cc3)cc2s1. The van der Waals surface area contributed by atoms with Crippen LogP contribution in [0, 0.1) is 6.92 Å². The standard InChI is InChI=1S/C24H21N3O3S/c1-15-25-20-9-8-18(12-23(20)31-15)27-14-19(24(29)30)22(28)13-21(27)16-4-6-17(7-5-16)26-10-2-3-11-26/h4-9,12-14H,2-3,10-11H2,1H3,(H,29,30). The van der Waals surface area contributed by atoms with Gasteiger partial charge in [-0.25, -0.2) is 9.78 Å². The molecule has 0 amide bonds. The number of thiazole rings is 1. The van der Waals surface area contributed by atoms with E-state index in [1.54, 1.807) is 15.9 Å². The second kappa shape index (κ2) is 7.67. The third-order valence-corrected chi connectivity index (χ3v) is 6.61. The van der Waals surface area contributed by atoms with Gasteiger partial charge < -0.3 is 14.6 Å². The molecule has 0 saturated carbocycles. The lowest BCUT2D eigenvalue weighted by Gasteiger charge is -2.19. The number of nitrogens with zero attached hydrogens (tertiary/aromatic N) is 3. The summed E-state index contributed by atoms with van der Waals surface area (Å²) in [5.41, 5.74) is 3.62. The van der Waals surface area contributed by atoms with Gasteiger partial charge in [-0.05, 0) is 55.7 Å². The fraction of sp³-hybridized carbons (Fsp3) is 0.208. The number of carboxylic acids is 1. The average molecular weight is 432 g/mol. The van der Waals surface area contributed by atoms with Crippen LogP contribution >= 0.6 is 11.3 Å². The van der Waals surface area contributed by atoms with Crippen molar-refractivity contribution >= 4 is 33.2 Å². The third-order valence-electron chi connectivity index (χ3n) is 5.67. The lowest BCUT2D eigenvalue weighted by Crippen LogP contribution is -2.18. The molecule has 0 aliphatic carbocycles. The molecule has 2 aromatic carbocycles. The molecule has 0 spiro atoms. The highest BCUT2D eigenvalue weighted by Crippen LogP contribution is 2.29. The van der Waals surface area contributed by atoms with Crippen LogP contribution in [0.1, 0.15) is 28.2 Å². The Labute approximate surface area is 183 Å². The van der Waals surface area contributed by atoms with Crippen molar-refractivity contribution in [2.45, 2.75) is 19.8 Å². The number of pyridine rings is 1. The number of aromatic nitrogens is 2. The van der Waals surface area contributed by atoms with Crippen LogP contribution in [0.3, 0.4) is 0 Å². The van der Waals surface area contributed by atoms with Crippen molar-refractivity contribution in [3.63, 3.8) is 0 Å². The predicted molar refractivity (Wildman–Crippen MR) is 124 cm³/mol. The number of fused-ring (bicyclic) bond motifs is 1. The lowest BCUT2D eigenvalue weighted by atomic mass is 10.1. The first-order valence-electron chi connectivity index (χ1n) is 10.2. The molecule has 0 atom stereocenters. The number of carboxylic acid groups (broad SMARTS) is 1. The number of anilines is 1. The van der Waals surface area contributed by atoms with Crippen LogP contribution < -0.4 is 10.3 Å². The summed E-state index contributed by atoms with van der Waals surface area (Å²) < 4.78 is 2.80. The number of rotatable bonds is 4. The Morgan fingerprint density at radius 3 is 2.45 bits per heavy atom. The molecule has 4 aromatic rings. The van der Waals surface area contributed by atoms with E-state index in [9.17, 15) is 14.7 Å². The molecular weight excluding hydrogens is 410 g/mol. The Kier molecular flexibility index (Phi) is 4.82. The number of hydrogen-bond acceptors (Lipinski definition) is 5. The fourth-order valence-corrected chi connectivity index (χ4v) is 4.99. The fourth-order valence-electron chi connectivity index (χ4n) is 4.13. The van der Waals surface area contributed by atoms with Gasteiger partial charge >= 0.3 is 5.97 Å². The molecule has 1 saturated heterocycles. The molecule has 31 heavy (non-hydrogen) atoms. The minimum Gasteiger partial charge on any atom is -0.477 e. The van der Waals surface area contributed by atoms with E-state index in [-0.39, 0.29) is 5.56 Å². The van der Waals surface area contributed by atoms with Gasteiger partial charge in [-0.2, -0.15) is 0 Å². The first-order chi connectivity index (χ1) is 15.0. The van der Waals surface area contributed by atoms with Gasteiger partial charge in [-0.3, -0.25) is 4.79 Å². The number of carbonyl (C=O) groups is 1. The Morgan fingerprint density at radius 1 is 1.03 bits per heavy atom. The Balaban J connectivity index is 1.66. The van der Waals surface area contributed by atoms with E-state index in [0.717, 1.165) is 39.6 Å².